The number of pyridine rings is 1. The summed E-state index contributed by atoms with van der Waals surface area (Å²) < 4.78 is 14.2. The van der Waals surface area contributed by atoms with Crippen molar-refractivity contribution in [1.82, 2.24) is 19.2 Å². The van der Waals surface area contributed by atoms with Crippen LogP contribution in [0.5, 0.6) is 5.75 Å². The molecule has 2 aliphatic rings. The number of fused-ring (bicyclic) bond motifs is 1. The maximum atomic E-state index is 13.2. The smallest absolute Gasteiger partial charge is 0.274 e. The molecule has 3 aromatic rings. The van der Waals surface area contributed by atoms with Crippen LogP contribution in [-0.4, -0.2) is 75.7 Å². The van der Waals surface area contributed by atoms with Gasteiger partial charge in [-0.3, -0.25) is 19.1 Å². The highest BCUT2D eigenvalue weighted by atomic mass is 16.5. The molecule has 0 radical (unpaired) electrons. The minimum atomic E-state index is -1.00. The molecular formula is C27H33N5O6. The Morgan fingerprint density at radius 3 is 2.58 bits per heavy atom. The molecule has 5 rings (SSSR count). The molecule has 202 valence electrons. The number of carbonyl (C=O) groups excluding carboxylic acids is 2. The van der Waals surface area contributed by atoms with Crippen LogP contribution in [0.4, 0.5) is 5.69 Å². The van der Waals surface area contributed by atoms with Gasteiger partial charge in [-0.2, -0.15) is 5.10 Å². The number of rotatable bonds is 7. The normalized spacial score (nSPS) is 20.5. The molecule has 38 heavy (non-hydrogen) atoms. The molecule has 11 heteroatoms. The van der Waals surface area contributed by atoms with Gasteiger partial charge in [0.15, 0.2) is 0 Å². The number of likely N-dealkylation sites (N-methyl/N-ethyl adjacent to an activating group) is 1. The molecule has 2 N–H and O–H groups in total. The van der Waals surface area contributed by atoms with Crippen molar-refractivity contribution >= 4 is 28.4 Å². The molecule has 0 spiro atoms. The number of benzene rings is 1. The van der Waals surface area contributed by atoms with Gasteiger partial charge in [0.05, 0.1) is 43.5 Å². The topological polar surface area (TPSA) is 128 Å². The van der Waals surface area contributed by atoms with E-state index in [4.69, 9.17) is 14.6 Å². The largest absolute Gasteiger partial charge is 0.496 e. The summed E-state index contributed by atoms with van der Waals surface area (Å²) >= 11 is 0. The summed E-state index contributed by atoms with van der Waals surface area (Å²) in [5.74, 6) is -0.337. The first-order chi connectivity index (χ1) is 18.3. The van der Waals surface area contributed by atoms with Gasteiger partial charge in [-0.1, -0.05) is 0 Å². The molecule has 1 aliphatic carbocycles. The molecule has 0 unspecified atom stereocenters. The number of amides is 2. The van der Waals surface area contributed by atoms with Gasteiger partial charge in [-0.15, -0.1) is 0 Å². The highest BCUT2D eigenvalue weighted by Crippen LogP contribution is 2.33. The van der Waals surface area contributed by atoms with Crippen molar-refractivity contribution in [2.24, 2.45) is 0 Å². The number of nitrogens with zero attached hydrogens (tertiary/aromatic N) is 4. The van der Waals surface area contributed by atoms with E-state index in [0.29, 0.717) is 30.0 Å². The van der Waals surface area contributed by atoms with Crippen molar-refractivity contribution in [3.8, 4) is 5.75 Å². The fourth-order valence-electron chi connectivity index (χ4n) is 5.26. The lowest BCUT2D eigenvalue weighted by atomic mass is 9.90. The molecule has 1 atom stereocenters. The molecule has 3 heterocycles. The third kappa shape index (κ3) is 4.91. The number of hydrogen-bond acceptors (Lipinski definition) is 7. The maximum Gasteiger partial charge on any atom is 0.274 e. The number of hydrogen-bond donors (Lipinski definition) is 2. The average molecular weight is 524 g/mol. The fourth-order valence-corrected chi connectivity index (χ4v) is 5.26. The number of aliphatic hydroxyl groups is 1. The standard InChI is InChI=1S/C27H33N5O6/c1-16(33)26(35)30(2)18-6-8-19(9-7-18)32-13-17-11-21(24(37-3)12-23(17)29-32)25(34)28-22-5-4-10-31(27(22)36)20-14-38-15-20/h4-5,10-13,16,18-20,33H,6-9,14-15H2,1-3H3,(H,28,34)/t16-,18-,19-/m1/s1. The minimum absolute atomic E-state index is 0.0229. The van der Waals surface area contributed by atoms with E-state index in [2.05, 4.69) is 5.32 Å². The van der Waals surface area contributed by atoms with E-state index in [1.54, 1.807) is 47.0 Å². The Labute approximate surface area is 219 Å². The van der Waals surface area contributed by atoms with Crippen molar-refractivity contribution in [3.63, 3.8) is 0 Å². The van der Waals surface area contributed by atoms with Crippen molar-refractivity contribution in [2.45, 2.75) is 56.8 Å². The first-order valence-corrected chi connectivity index (χ1v) is 12.9. The highest BCUT2D eigenvalue weighted by molar-refractivity contribution is 6.08. The quantitative estimate of drug-likeness (QED) is 0.487. The third-order valence-electron chi connectivity index (χ3n) is 7.62. The van der Waals surface area contributed by atoms with Crippen LogP contribution >= 0.6 is 0 Å². The minimum Gasteiger partial charge on any atom is -0.496 e. The molecule has 1 aromatic carbocycles. The summed E-state index contributed by atoms with van der Waals surface area (Å²) in [4.78, 5) is 39.9. The second kappa shape index (κ2) is 10.6. The van der Waals surface area contributed by atoms with Crippen LogP contribution in [0.2, 0.25) is 0 Å². The predicted molar refractivity (Wildman–Crippen MR) is 141 cm³/mol. The Balaban J connectivity index is 1.33. The Kier molecular flexibility index (Phi) is 7.22. The molecule has 11 nitrogen and oxygen atoms in total. The van der Waals surface area contributed by atoms with E-state index in [0.717, 1.165) is 31.1 Å². The van der Waals surface area contributed by atoms with Crippen molar-refractivity contribution in [2.75, 3.05) is 32.7 Å². The van der Waals surface area contributed by atoms with Crippen LogP contribution in [0.1, 0.15) is 55.0 Å². The molecule has 2 fully saturated rings. The number of nitrogens with one attached hydrogen (secondary N) is 1. The van der Waals surface area contributed by atoms with Crippen molar-refractivity contribution in [1.29, 1.82) is 0 Å². The highest BCUT2D eigenvalue weighted by Gasteiger charge is 2.29. The molecule has 1 saturated carbocycles. The summed E-state index contributed by atoms with van der Waals surface area (Å²) in [7, 11) is 3.24. The zero-order valence-electron chi connectivity index (χ0n) is 21.8. The zero-order valence-corrected chi connectivity index (χ0v) is 21.8. The lowest BCUT2D eigenvalue weighted by molar-refractivity contribution is -0.140. The Hall–Kier alpha value is -3.70. The number of aliphatic hydroxyl groups excluding tert-OH is 1. The molecule has 0 bridgehead atoms. The van der Waals surface area contributed by atoms with Crippen LogP contribution in [0, 0.1) is 0 Å². The lowest BCUT2D eigenvalue weighted by Crippen LogP contribution is -2.43. The number of carbonyl (C=O) groups is 2. The second-order valence-corrected chi connectivity index (χ2v) is 10.1. The number of aromatic nitrogens is 3. The van der Waals surface area contributed by atoms with Gasteiger partial charge < -0.3 is 29.4 Å². The van der Waals surface area contributed by atoms with Gasteiger partial charge in [0.1, 0.15) is 17.5 Å². The van der Waals surface area contributed by atoms with E-state index in [-0.39, 0.29) is 35.3 Å². The SMILES string of the molecule is COc1cc2nn([C@H]3CC[C@H](N(C)C(=O)[C@@H](C)O)CC3)cc2cc1C(=O)Nc1cccn(C2COC2)c1=O. The van der Waals surface area contributed by atoms with Crippen LogP contribution in [0.3, 0.4) is 0 Å². The van der Waals surface area contributed by atoms with Crippen molar-refractivity contribution in [3.05, 3.63) is 52.6 Å². The number of ether oxygens (including phenoxy) is 2. The summed E-state index contributed by atoms with van der Waals surface area (Å²) in [5.41, 5.74) is 0.925. The lowest BCUT2D eigenvalue weighted by Gasteiger charge is -2.35. The predicted octanol–water partition coefficient (Wildman–Crippen LogP) is 2.35. The van der Waals surface area contributed by atoms with Gasteiger partial charge >= 0.3 is 0 Å². The van der Waals surface area contributed by atoms with Crippen molar-refractivity contribution < 1.29 is 24.2 Å². The van der Waals surface area contributed by atoms with E-state index < -0.39 is 12.0 Å². The maximum absolute atomic E-state index is 13.2. The molecule has 2 amide bonds. The van der Waals surface area contributed by atoms with Gasteiger partial charge in [0.2, 0.25) is 0 Å². The molecule has 2 aromatic heterocycles. The summed E-state index contributed by atoms with van der Waals surface area (Å²) in [6.07, 6.45) is 5.93. The van der Waals surface area contributed by atoms with E-state index in [1.165, 1.54) is 14.0 Å². The van der Waals surface area contributed by atoms with Gasteiger partial charge in [-0.05, 0) is 50.8 Å². The third-order valence-corrected chi connectivity index (χ3v) is 7.62. The number of anilines is 1. The van der Waals surface area contributed by atoms with Crippen LogP contribution in [0.15, 0.2) is 41.5 Å². The second-order valence-electron chi connectivity index (χ2n) is 10.1. The monoisotopic (exact) mass is 523 g/mol. The fraction of sp³-hybridized carbons (Fsp3) is 0.481. The summed E-state index contributed by atoms with van der Waals surface area (Å²) in [5, 5.41) is 17.9. The van der Waals surface area contributed by atoms with E-state index in [9.17, 15) is 19.5 Å². The number of methoxy groups -OCH3 is 1. The van der Waals surface area contributed by atoms with Crippen LogP contribution in [0.25, 0.3) is 10.9 Å². The first kappa shape index (κ1) is 25.9. The van der Waals surface area contributed by atoms with Gasteiger partial charge in [0, 0.05) is 36.9 Å². The Bertz CT molecular complexity index is 1400. The van der Waals surface area contributed by atoms with E-state index >= 15 is 0 Å². The zero-order chi connectivity index (χ0) is 27.0. The van der Waals surface area contributed by atoms with Crippen LogP contribution in [-0.2, 0) is 9.53 Å². The first-order valence-electron chi connectivity index (χ1n) is 12.9. The van der Waals surface area contributed by atoms with Crippen LogP contribution < -0.4 is 15.6 Å². The summed E-state index contributed by atoms with van der Waals surface area (Å²) in [6, 6.07) is 7.01. The molecular weight excluding hydrogens is 490 g/mol. The van der Waals surface area contributed by atoms with Gasteiger partial charge in [-0.25, -0.2) is 0 Å². The van der Waals surface area contributed by atoms with Gasteiger partial charge in [0.25, 0.3) is 17.4 Å². The molecule has 1 aliphatic heterocycles. The summed E-state index contributed by atoms with van der Waals surface area (Å²) in [6.45, 7) is 2.44. The Morgan fingerprint density at radius 2 is 1.95 bits per heavy atom. The average Bonchev–Trinajstić information content (AvgIpc) is 3.31. The van der Waals surface area contributed by atoms with E-state index in [1.807, 2.05) is 10.9 Å². The Morgan fingerprint density at radius 1 is 1.21 bits per heavy atom. The molecule has 1 saturated heterocycles.